The first-order valence-electron chi connectivity index (χ1n) is 6.02. The summed E-state index contributed by atoms with van der Waals surface area (Å²) in [5.41, 5.74) is 0. The molecule has 0 saturated carbocycles. The Morgan fingerprint density at radius 1 is 1.00 bits per heavy atom. The highest BCUT2D eigenvalue weighted by Crippen LogP contribution is 1.89. The molecule has 0 spiro atoms. The van der Waals surface area contributed by atoms with Crippen molar-refractivity contribution in [1.82, 2.24) is 4.90 Å². The van der Waals surface area contributed by atoms with Crippen LogP contribution in [0, 0.1) is 0 Å². The maximum Gasteiger partial charge on any atom is 0.0431 e. The van der Waals surface area contributed by atoms with Crippen LogP contribution in [0.3, 0.4) is 0 Å². The molecule has 0 saturated heterocycles. The smallest absolute Gasteiger partial charge is 0.0431 e. The molecule has 0 aliphatic heterocycles. The molecule has 0 fully saturated rings. The number of hydrogen-bond donors (Lipinski definition) is 1. The fourth-order valence-corrected chi connectivity index (χ4v) is 0.652. The van der Waals surface area contributed by atoms with Crippen LogP contribution in [0.1, 0.15) is 53.9 Å². The van der Waals surface area contributed by atoms with Crippen LogP contribution in [0.15, 0.2) is 0 Å². The second-order valence-electron chi connectivity index (χ2n) is 3.03. The highest BCUT2D eigenvalue weighted by Gasteiger charge is 1.91. The van der Waals surface area contributed by atoms with E-state index in [9.17, 15) is 0 Å². The van der Waals surface area contributed by atoms with Gasteiger partial charge in [-0.25, -0.2) is 0 Å². The summed E-state index contributed by atoms with van der Waals surface area (Å²) in [6.07, 6.45) is 3.30. The van der Waals surface area contributed by atoms with Crippen LogP contribution < -0.4 is 0 Å². The summed E-state index contributed by atoms with van der Waals surface area (Å²) in [5.74, 6) is 0. The van der Waals surface area contributed by atoms with Crippen molar-refractivity contribution in [3.05, 3.63) is 0 Å². The standard InChI is InChI=1S/C7H17NO.C3H8.C2H6/c1-3-8(2)6-4-5-7-9;1-3-2;1-2/h9H,3-7H2,1-2H3;3H2,1-2H3;1-2H3. The summed E-state index contributed by atoms with van der Waals surface area (Å²) in [5, 5.41) is 8.43. The average molecular weight is 205 g/mol. The van der Waals surface area contributed by atoms with Crippen molar-refractivity contribution in [3.63, 3.8) is 0 Å². The monoisotopic (exact) mass is 205 g/mol. The SMILES string of the molecule is CC.CCC.CCN(C)CCCCO. The molecule has 1 N–H and O–H groups in total. The molecule has 0 rings (SSSR count). The van der Waals surface area contributed by atoms with E-state index in [2.05, 4.69) is 32.7 Å². The van der Waals surface area contributed by atoms with Gasteiger partial charge in [-0.2, -0.15) is 0 Å². The molecule has 90 valence electrons. The number of rotatable bonds is 5. The predicted octanol–water partition coefficient (Wildman–Crippen LogP) is 3.15. The third-order valence-electron chi connectivity index (χ3n) is 1.49. The Balaban J connectivity index is -0.000000205. The predicted molar refractivity (Wildman–Crippen MR) is 66.8 cm³/mol. The zero-order chi connectivity index (χ0) is 11.8. The third kappa shape index (κ3) is 29.7. The van der Waals surface area contributed by atoms with Crippen molar-refractivity contribution < 1.29 is 5.11 Å². The van der Waals surface area contributed by atoms with Gasteiger partial charge in [-0.1, -0.05) is 41.0 Å². The highest BCUT2D eigenvalue weighted by molar-refractivity contribution is 4.46. The molecule has 0 aromatic heterocycles. The van der Waals surface area contributed by atoms with Crippen molar-refractivity contribution in [2.24, 2.45) is 0 Å². The largest absolute Gasteiger partial charge is 0.396 e. The van der Waals surface area contributed by atoms with Crippen LogP contribution in [-0.2, 0) is 0 Å². The first-order valence-corrected chi connectivity index (χ1v) is 6.02. The van der Waals surface area contributed by atoms with E-state index < -0.39 is 0 Å². The third-order valence-corrected chi connectivity index (χ3v) is 1.49. The van der Waals surface area contributed by atoms with Gasteiger partial charge in [0.25, 0.3) is 0 Å². The number of aliphatic hydroxyl groups excluding tert-OH is 1. The Morgan fingerprint density at radius 3 is 1.71 bits per heavy atom. The van der Waals surface area contributed by atoms with Gasteiger partial charge in [0.05, 0.1) is 0 Å². The second kappa shape index (κ2) is 23.1. The van der Waals surface area contributed by atoms with Gasteiger partial charge in [0.2, 0.25) is 0 Å². The van der Waals surface area contributed by atoms with Gasteiger partial charge in [0.1, 0.15) is 0 Å². The normalized spacial score (nSPS) is 8.57. The zero-order valence-electron chi connectivity index (χ0n) is 11.1. The van der Waals surface area contributed by atoms with Gasteiger partial charge in [-0.05, 0) is 33.0 Å². The molecule has 0 aromatic carbocycles. The van der Waals surface area contributed by atoms with Gasteiger partial charge in [-0.3, -0.25) is 0 Å². The Morgan fingerprint density at radius 2 is 1.43 bits per heavy atom. The van der Waals surface area contributed by atoms with Gasteiger partial charge in [0, 0.05) is 6.61 Å². The zero-order valence-corrected chi connectivity index (χ0v) is 11.1. The van der Waals surface area contributed by atoms with E-state index in [1.807, 2.05) is 13.8 Å². The van der Waals surface area contributed by atoms with E-state index in [0.29, 0.717) is 6.61 Å². The minimum Gasteiger partial charge on any atom is -0.396 e. The lowest BCUT2D eigenvalue weighted by molar-refractivity contribution is 0.267. The lowest BCUT2D eigenvalue weighted by Crippen LogP contribution is -2.18. The molecule has 0 radical (unpaired) electrons. The number of aliphatic hydroxyl groups is 1. The van der Waals surface area contributed by atoms with E-state index in [-0.39, 0.29) is 0 Å². The van der Waals surface area contributed by atoms with E-state index in [4.69, 9.17) is 5.11 Å². The summed E-state index contributed by atoms with van der Waals surface area (Å²) < 4.78 is 0. The molecular weight excluding hydrogens is 174 g/mol. The van der Waals surface area contributed by atoms with Gasteiger partial charge >= 0.3 is 0 Å². The van der Waals surface area contributed by atoms with Crippen LogP contribution in [0.4, 0.5) is 0 Å². The highest BCUT2D eigenvalue weighted by atomic mass is 16.2. The number of unbranched alkanes of at least 4 members (excludes halogenated alkanes) is 1. The Hall–Kier alpha value is -0.0800. The molecule has 0 aromatic rings. The van der Waals surface area contributed by atoms with Crippen LogP contribution in [-0.4, -0.2) is 36.8 Å². The molecule has 14 heavy (non-hydrogen) atoms. The van der Waals surface area contributed by atoms with Crippen molar-refractivity contribution in [1.29, 1.82) is 0 Å². The van der Waals surface area contributed by atoms with Crippen molar-refractivity contribution >= 4 is 0 Å². The molecule has 2 nitrogen and oxygen atoms in total. The van der Waals surface area contributed by atoms with E-state index in [1.165, 1.54) is 6.42 Å². The first-order chi connectivity index (χ1) is 6.72. The Labute approximate surface area is 91.3 Å². The average Bonchev–Trinajstić information content (AvgIpc) is 2.22. The molecule has 0 bridgehead atoms. The van der Waals surface area contributed by atoms with E-state index in [1.54, 1.807) is 0 Å². The van der Waals surface area contributed by atoms with Crippen molar-refractivity contribution in [2.75, 3.05) is 26.7 Å². The van der Waals surface area contributed by atoms with Gasteiger partial charge in [-0.15, -0.1) is 0 Å². The quantitative estimate of drug-likeness (QED) is 0.697. The summed E-state index contributed by atoms with van der Waals surface area (Å²) in [4.78, 5) is 2.25. The minimum absolute atomic E-state index is 0.331. The molecular formula is C12H31NO. The van der Waals surface area contributed by atoms with Crippen molar-refractivity contribution in [2.45, 2.75) is 53.9 Å². The number of hydrogen-bond acceptors (Lipinski definition) is 2. The Kier molecular flexibility index (Phi) is 32.1. The molecule has 0 amide bonds. The van der Waals surface area contributed by atoms with Gasteiger partial charge < -0.3 is 10.0 Å². The summed E-state index contributed by atoms with van der Waals surface area (Å²) >= 11 is 0. The molecule has 0 atom stereocenters. The lowest BCUT2D eigenvalue weighted by atomic mass is 10.3. The van der Waals surface area contributed by atoms with Gasteiger partial charge in [0.15, 0.2) is 0 Å². The van der Waals surface area contributed by atoms with E-state index >= 15 is 0 Å². The molecule has 0 aliphatic rings. The molecule has 0 unspecified atom stereocenters. The van der Waals surface area contributed by atoms with Crippen molar-refractivity contribution in [3.8, 4) is 0 Å². The van der Waals surface area contributed by atoms with E-state index in [0.717, 1.165) is 25.9 Å². The second-order valence-corrected chi connectivity index (χ2v) is 3.03. The van der Waals surface area contributed by atoms with Crippen LogP contribution >= 0.6 is 0 Å². The topological polar surface area (TPSA) is 23.5 Å². The summed E-state index contributed by atoms with van der Waals surface area (Å²) in [7, 11) is 2.09. The maximum atomic E-state index is 8.43. The lowest BCUT2D eigenvalue weighted by Gasteiger charge is -2.11. The van der Waals surface area contributed by atoms with Crippen LogP contribution in [0.2, 0.25) is 0 Å². The fourth-order valence-electron chi connectivity index (χ4n) is 0.652. The summed E-state index contributed by atoms with van der Waals surface area (Å²) in [6, 6.07) is 0. The molecule has 2 heteroatoms. The number of nitrogens with zero attached hydrogens (tertiary/aromatic N) is 1. The molecule has 0 heterocycles. The van der Waals surface area contributed by atoms with Crippen LogP contribution in [0.25, 0.3) is 0 Å². The minimum atomic E-state index is 0.331. The maximum absolute atomic E-state index is 8.43. The first kappa shape index (κ1) is 19.5. The fraction of sp³-hybridized carbons (Fsp3) is 1.00. The Bertz CT molecular complexity index is 67.3. The van der Waals surface area contributed by atoms with Crippen LogP contribution in [0.5, 0.6) is 0 Å². The summed E-state index contributed by atoms with van der Waals surface area (Å²) in [6.45, 7) is 12.9. The molecule has 0 aliphatic carbocycles.